The predicted octanol–water partition coefficient (Wildman–Crippen LogP) is 1.04. The van der Waals surface area contributed by atoms with Gasteiger partial charge in [0.25, 0.3) is 23.4 Å². The number of rotatable bonds is 5. The standard InChI is InChI=1S/C18H14N4O6/c23-15(19-20-16(24)11-4-2-1-3-5-11)8-9-21-17(25)13-7-6-12(22(27)28)10-14(13)18(21)26/h1-7,10H,8-9H2,(H,19,23)(H,20,24). The summed E-state index contributed by atoms with van der Waals surface area (Å²) in [5.41, 5.74) is 4.46. The van der Waals surface area contributed by atoms with Gasteiger partial charge < -0.3 is 0 Å². The monoisotopic (exact) mass is 382 g/mol. The van der Waals surface area contributed by atoms with Crippen LogP contribution in [0.5, 0.6) is 0 Å². The number of hydrogen-bond donors (Lipinski definition) is 2. The Kier molecular flexibility index (Phi) is 5.12. The van der Waals surface area contributed by atoms with E-state index in [-0.39, 0.29) is 29.8 Å². The fourth-order valence-electron chi connectivity index (χ4n) is 2.66. The van der Waals surface area contributed by atoms with Gasteiger partial charge in [-0.25, -0.2) is 0 Å². The van der Waals surface area contributed by atoms with Crippen molar-refractivity contribution in [3.63, 3.8) is 0 Å². The Balaban J connectivity index is 1.56. The molecular formula is C18H14N4O6. The molecule has 0 fully saturated rings. The lowest BCUT2D eigenvalue weighted by Crippen LogP contribution is -2.43. The molecule has 0 saturated carbocycles. The normalized spacial score (nSPS) is 12.5. The van der Waals surface area contributed by atoms with E-state index in [1.54, 1.807) is 30.3 Å². The van der Waals surface area contributed by atoms with Crippen molar-refractivity contribution in [2.24, 2.45) is 0 Å². The molecule has 0 aromatic heterocycles. The van der Waals surface area contributed by atoms with Crippen LogP contribution in [0.3, 0.4) is 0 Å². The molecule has 0 radical (unpaired) electrons. The molecule has 0 unspecified atom stereocenters. The van der Waals surface area contributed by atoms with Gasteiger partial charge in [-0.05, 0) is 18.2 Å². The van der Waals surface area contributed by atoms with Gasteiger partial charge >= 0.3 is 0 Å². The van der Waals surface area contributed by atoms with Gasteiger partial charge in [-0.2, -0.15) is 0 Å². The number of nitrogens with zero attached hydrogens (tertiary/aromatic N) is 2. The van der Waals surface area contributed by atoms with Crippen LogP contribution in [0.25, 0.3) is 0 Å². The maximum Gasteiger partial charge on any atom is 0.270 e. The molecule has 0 saturated heterocycles. The molecule has 0 spiro atoms. The average molecular weight is 382 g/mol. The van der Waals surface area contributed by atoms with Crippen molar-refractivity contribution in [2.75, 3.05) is 6.54 Å². The molecule has 10 nitrogen and oxygen atoms in total. The molecule has 142 valence electrons. The molecule has 1 aliphatic rings. The molecule has 0 bridgehead atoms. The van der Waals surface area contributed by atoms with Crippen LogP contribution in [-0.4, -0.2) is 40.0 Å². The van der Waals surface area contributed by atoms with Crippen LogP contribution < -0.4 is 10.9 Å². The molecule has 1 aliphatic heterocycles. The zero-order chi connectivity index (χ0) is 20.3. The van der Waals surface area contributed by atoms with E-state index >= 15 is 0 Å². The first-order valence-electron chi connectivity index (χ1n) is 8.17. The van der Waals surface area contributed by atoms with Gasteiger partial charge in [0.1, 0.15) is 0 Å². The number of hydrogen-bond acceptors (Lipinski definition) is 6. The van der Waals surface area contributed by atoms with E-state index in [9.17, 15) is 29.3 Å². The van der Waals surface area contributed by atoms with E-state index < -0.39 is 28.6 Å². The SMILES string of the molecule is O=C(CCN1C(=O)c2ccc([N+](=O)[O-])cc2C1=O)NNC(=O)c1ccccc1. The first-order chi connectivity index (χ1) is 13.4. The molecular weight excluding hydrogens is 368 g/mol. The molecule has 0 aliphatic carbocycles. The van der Waals surface area contributed by atoms with Crippen molar-refractivity contribution < 1.29 is 24.1 Å². The third-order valence-corrected chi connectivity index (χ3v) is 4.08. The van der Waals surface area contributed by atoms with E-state index in [0.717, 1.165) is 17.0 Å². The summed E-state index contributed by atoms with van der Waals surface area (Å²) in [6.45, 7) is -0.229. The van der Waals surface area contributed by atoms with Gasteiger partial charge in [0.15, 0.2) is 0 Å². The molecule has 2 aromatic rings. The molecule has 3 rings (SSSR count). The molecule has 4 amide bonds. The van der Waals surface area contributed by atoms with E-state index in [4.69, 9.17) is 0 Å². The number of nitro benzene ring substituents is 1. The summed E-state index contributed by atoms with van der Waals surface area (Å²) in [4.78, 5) is 59.4. The van der Waals surface area contributed by atoms with Crippen LogP contribution >= 0.6 is 0 Å². The number of non-ortho nitro benzene ring substituents is 1. The van der Waals surface area contributed by atoms with Crippen molar-refractivity contribution >= 4 is 29.3 Å². The molecule has 28 heavy (non-hydrogen) atoms. The number of carbonyl (C=O) groups is 4. The summed E-state index contributed by atoms with van der Waals surface area (Å²) in [5, 5.41) is 10.8. The topological polar surface area (TPSA) is 139 Å². The van der Waals surface area contributed by atoms with E-state index in [1.807, 2.05) is 0 Å². The van der Waals surface area contributed by atoms with Gasteiger partial charge in [0, 0.05) is 30.7 Å². The predicted molar refractivity (Wildman–Crippen MR) is 95.1 cm³/mol. The Morgan fingerprint density at radius 2 is 1.64 bits per heavy atom. The number of nitrogens with one attached hydrogen (secondary N) is 2. The number of amides is 4. The second-order valence-electron chi connectivity index (χ2n) is 5.87. The lowest BCUT2D eigenvalue weighted by Gasteiger charge is -2.13. The fourth-order valence-corrected chi connectivity index (χ4v) is 2.66. The average Bonchev–Trinajstić information content (AvgIpc) is 2.94. The number of imide groups is 1. The first kappa shape index (κ1) is 18.7. The smallest absolute Gasteiger partial charge is 0.270 e. The van der Waals surface area contributed by atoms with Crippen molar-refractivity contribution in [1.29, 1.82) is 0 Å². The van der Waals surface area contributed by atoms with Crippen LogP contribution in [0.1, 0.15) is 37.5 Å². The van der Waals surface area contributed by atoms with Gasteiger partial charge in [-0.3, -0.25) is 45.0 Å². The van der Waals surface area contributed by atoms with Crippen LogP contribution in [0.4, 0.5) is 5.69 Å². The zero-order valence-electron chi connectivity index (χ0n) is 14.4. The first-order valence-corrected chi connectivity index (χ1v) is 8.17. The Bertz CT molecular complexity index is 989. The van der Waals surface area contributed by atoms with Gasteiger partial charge in [0.2, 0.25) is 5.91 Å². The molecule has 10 heteroatoms. The maximum absolute atomic E-state index is 12.3. The highest BCUT2D eigenvalue weighted by Crippen LogP contribution is 2.26. The summed E-state index contributed by atoms with van der Waals surface area (Å²) in [7, 11) is 0. The van der Waals surface area contributed by atoms with Gasteiger partial charge in [0.05, 0.1) is 16.1 Å². The summed E-state index contributed by atoms with van der Waals surface area (Å²) in [5.74, 6) is -2.45. The quantitative estimate of drug-likeness (QED) is 0.450. The minimum Gasteiger partial charge on any atom is -0.274 e. The van der Waals surface area contributed by atoms with Gasteiger partial charge in [-0.15, -0.1) is 0 Å². The number of hydrazine groups is 1. The van der Waals surface area contributed by atoms with E-state index in [0.29, 0.717) is 5.56 Å². The highest BCUT2D eigenvalue weighted by atomic mass is 16.6. The van der Waals surface area contributed by atoms with Crippen molar-refractivity contribution in [2.45, 2.75) is 6.42 Å². The third kappa shape index (κ3) is 3.70. The minimum atomic E-state index is -0.704. The van der Waals surface area contributed by atoms with Crippen molar-refractivity contribution in [3.8, 4) is 0 Å². The largest absolute Gasteiger partial charge is 0.274 e. The Morgan fingerprint density at radius 3 is 2.32 bits per heavy atom. The summed E-state index contributed by atoms with van der Waals surface area (Å²) < 4.78 is 0. The molecule has 2 N–H and O–H groups in total. The van der Waals surface area contributed by atoms with Crippen LogP contribution in [-0.2, 0) is 4.79 Å². The maximum atomic E-state index is 12.3. The van der Waals surface area contributed by atoms with E-state index in [2.05, 4.69) is 10.9 Å². The van der Waals surface area contributed by atoms with Crippen LogP contribution in [0, 0.1) is 10.1 Å². The van der Waals surface area contributed by atoms with Crippen molar-refractivity contribution in [1.82, 2.24) is 15.8 Å². The fraction of sp³-hybridized carbons (Fsp3) is 0.111. The summed E-state index contributed by atoms with van der Waals surface area (Å²) >= 11 is 0. The summed E-state index contributed by atoms with van der Waals surface area (Å²) in [6.07, 6.45) is -0.247. The Hall–Kier alpha value is -4.08. The molecule has 0 atom stereocenters. The zero-order valence-corrected chi connectivity index (χ0v) is 14.4. The second kappa shape index (κ2) is 7.66. The van der Waals surface area contributed by atoms with Gasteiger partial charge in [-0.1, -0.05) is 18.2 Å². The number of benzene rings is 2. The van der Waals surface area contributed by atoms with Crippen LogP contribution in [0.2, 0.25) is 0 Å². The lowest BCUT2D eigenvalue weighted by atomic mass is 10.1. The minimum absolute atomic E-state index is 0.0494. The summed E-state index contributed by atoms with van der Waals surface area (Å²) in [6, 6.07) is 11.6. The number of nitro groups is 1. The second-order valence-corrected chi connectivity index (χ2v) is 5.87. The van der Waals surface area contributed by atoms with Crippen LogP contribution in [0.15, 0.2) is 48.5 Å². The number of fused-ring (bicyclic) bond motifs is 1. The van der Waals surface area contributed by atoms with Crippen molar-refractivity contribution in [3.05, 3.63) is 75.3 Å². The lowest BCUT2D eigenvalue weighted by molar-refractivity contribution is -0.384. The molecule has 2 aromatic carbocycles. The Labute approximate surface area is 158 Å². The Morgan fingerprint density at radius 1 is 0.964 bits per heavy atom. The van der Waals surface area contributed by atoms with E-state index in [1.165, 1.54) is 6.07 Å². The highest BCUT2D eigenvalue weighted by molar-refractivity contribution is 6.21. The molecule has 1 heterocycles. The third-order valence-electron chi connectivity index (χ3n) is 4.08. The highest BCUT2D eigenvalue weighted by Gasteiger charge is 2.36. The number of carbonyl (C=O) groups excluding carboxylic acids is 4.